The number of carbonyl (C=O) groups excluding carboxylic acids is 1. The molecule has 0 aliphatic heterocycles. The normalized spacial score (nSPS) is 13.2. The minimum Gasteiger partial charge on any atom is -0.520 e. The van der Waals surface area contributed by atoms with Crippen LogP contribution in [0.5, 0.6) is 0 Å². The first-order valence-electron chi connectivity index (χ1n) is 8.75. The van der Waals surface area contributed by atoms with Crippen LogP contribution in [0.25, 0.3) is 0 Å². The number of hydrogen-bond acceptors (Lipinski definition) is 3. The molecule has 0 rings (SSSR count). The van der Waals surface area contributed by atoms with Crippen molar-refractivity contribution >= 4 is 14.3 Å². The number of aliphatic hydroxyl groups is 1. The molecule has 0 aliphatic rings. The summed E-state index contributed by atoms with van der Waals surface area (Å²) in [5, 5.41) is 9.83. The number of hydrogen-bond donors (Lipinski definition) is 1. The molecule has 1 atom stereocenters. The predicted molar refractivity (Wildman–Crippen MR) is 91.9 cm³/mol. The summed E-state index contributed by atoms with van der Waals surface area (Å²) >= 11 is 0. The van der Waals surface area contributed by atoms with E-state index in [2.05, 4.69) is 6.92 Å². The second-order valence-electron chi connectivity index (χ2n) is 7.06. The summed E-state index contributed by atoms with van der Waals surface area (Å²) in [6.45, 7) is 8.19. The SMILES string of the molecule is CCCCCCCCCCCC(O)CC(=O)O[Si](C)(C)C. The third-order valence-electron chi connectivity index (χ3n) is 3.46. The average Bonchev–Trinajstić information content (AvgIpc) is 2.34. The maximum Gasteiger partial charge on any atom is 0.295 e. The van der Waals surface area contributed by atoms with Crippen LogP contribution in [-0.2, 0) is 9.22 Å². The summed E-state index contributed by atoms with van der Waals surface area (Å²) in [6.07, 6.45) is 11.8. The van der Waals surface area contributed by atoms with Crippen molar-refractivity contribution in [3.8, 4) is 0 Å². The first-order chi connectivity index (χ1) is 9.85. The zero-order valence-corrected chi connectivity index (χ0v) is 15.6. The molecule has 1 unspecified atom stereocenters. The molecule has 0 aliphatic carbocycles. The van der Waals surface area contributed by atoms with Gasteiger partial charge in [-0.25, -0.2) is 0 Å². The van der Waals surface area contributed by atoms with Crippen molar-refractivity contribution in [1.82, 2.24) is 0 Å². The second-order valence-corrected chi connectivity index (χ2v) is 11.5. The van der Waals surface area contributed by atoms with Crippen LogP contribution in [0, 0.1) is 0 Å². The van der Waals surface area contributed by atoms with Crippen molar-refractivity contribution < 1.29 is 14.3 Å². The van der Waals surface area contributed by atoms with E-state index < -0.39 is 14.4 Å². The highest BCUT2D eigenvalue weighted by Crippen LogP contribution is 2.13. The number of rotatable bonds is 13. The lowest BCUT2D eigenvalue weighted by molar-refractivity contribution is -0.137. The molecule has 0 aromatic heterocycles. The van der Waals surface area contributed by atoms with E-state index in [1.807, 2.05) is 19.6 Å². The van der Waals surface area contributed by atoms with Crippen LogP contribution in [0.15, 0.2) is 0 Å². The number of unbranched alkanes of at least 4 members (excludes halogenated alkanes) is 8. The van der Waals surface area contributed by atoms with Crippen LogP contribution >= 0.6 is 0 Å². The summed E-state index contributed by atoms with van der Waals surface area (Å²) in [5.74, 6) is -0.238. The molecule has 1 N–H and O–H groups in total. The first-order valence-corrected chi connectivity index (χ1v) is 12.2. The molecule has 21 heavy (non-hydrogen) atoms. The van der Waals surface area contributed by atoms with Crippen LogP contribution < -0.4 is 0 Å². The van der Waals surface area contributed by atoms with E-state index in [9.17, 15) is 9.90 Å². The Morgan fingerprint density at radius 1 is 0.952 bits per heavy atom. The van der Waals surface area contributed by atoms with E-state index >= 15 is 0 Å². The van der Waals surface area contributed by atoms with Gasteiger partial charge in [0, 0.05) is 0 Å². The molecule has 0 fully saturated rings. The van der Waals surface area contributed by atoms with Crippen molar-refractivity contribution in [1.29, 1.82) is 0 Å². The molecule has 0 bridgehead atoms. The Hall–Kier alpha value is -0.353. The van der Waals surface area contributed by atoms with Crippen molar-refractivity contribution in [3.63, 3.8) is 0 Å². The second kappa shape index (κ2) is 12.2. The van der Waals surface area contributed by atoms with Gasteiger partial charge in [0.25, 0.3) is 5.97 Å². The monoisotopic (exact) mass is 316 g/mol. The van der Waals surface area contributed by atoms with E-state index in [1.165, 1.54) is 44.9 Å². The maximum absolute atomic E-state index is 11.6. The Morgan fingerprint density at radius 2 is 1.43 bits per heavy atom. The van der Waals surface area contributed by atoms with E-state index in [4.69, 9.17) is 4.43 Å². The molecule has 0 saturated carbocycles. The minimum absolute atomic E-state index is 0.154. The summed E-state index contributed by atoms with van der Waals surface area (Å²) in [5.41, 5.74) is 0. The molecule has 0 amide bonds. The zero-order valence-electron chi connectivity index (χ0n) is 14.6. The standard InChI is InChI=1S/C17H36O3Si/c1-5-6-7-8-9-10-11-12-13-14-16(18)15-17(19)20-21(2,3)4/h16,18H,5-15H2,1-4H3. The Morgan fingerprint density at radius 3 is 1.90 bits per heavy atom. The van der Waals surface area contributed by atoms with E-state index in [1.54, 1.807) is 0 Å². The molecule has 4 heteroatoms. The Balaban J connectivity index is 3.41. The summed E-state index contributed by atoms with van der Waals surface area (Å²) in [6, 6.07) is 0. The highest BCUT2D eigenvalue weighted by atomic mass is 28.4. The van der Waals surface area contributed by atoms with Crippen LogP contribution in [0.1, 0.15) is 77.6 Å². The molecular formula is C17H36O3Si. The number of aliphatic hydroxyl groups excluding tert-OH is 1. The van der Waals surface area contributed by atoms with Gasteiger partial charge in [-0.1, -0.05) is 64.7 Å². The van der Waals surface area contributed by atoms with Crippen LogP contribution in [0.4, 0.5) is 0 Å². The zero-order chi connectivity index (χ0) is 16.1. The van der Waals surface area contributed by atoms with Gasteiger partial charge in [0.1, 0.15) is 0 Å². The van der Waals surface area contributed by atoms with Crippen molar-refractivity contribution in [2.75, 3.05) is 0 Å². The van der Waals surface area contributed by atoms with Gasteiger partial charge in [0.05, 0.1) is 12.5 Å². The quantitative estimate of drug-likeness (QED) is 0.382. The largest absolute Gasteiger partial charge is 0.520 e. The van der Waals surface area contributed by atoms with Gasteiger partial charge in [-0.2, -0.15) is 0 Å². The Kier molecular flexibility index (Phi) is 12.0. The topological polar surface area (TPSA) is 46.5 Å². The van der Waals surface area contributed by atoms with Gasteiger partial charge in [-0.05, 0) is 26.1 Å². The summed E-state index contributed by atoms with van der Waals surface area (Å²) < 4.78 is 5.34. The van der Waals surface area contributed by atoms with Crippen LogP contribution in [0.2, 0.25) is 19.6 Å². The first kappa shape index (κ1) is 20.6. The van der Waals surface area contributed by atoms with Gasteiger partial charge in [0.2, 0.25) is 8.32 Å². The smallest absolute Gasteiger partial charge is 0.295 e. The van der Waals surface area contributed by atoms with Gasteiger partial charge in [-0.15, -0.1) is 0 Å². The third-order valence-corrected chi connectivity index (χ3v) is 4.30. The molecule has 0 radical (unpaired) electrons. The van der Waals surface area contributed by atoms with Crippen molar-refractivity contribution in [2.24, 2.45) is 0 Å². The van der Waals surface area contributed by atoms with E-state index in [0.29, 0.717) is 0 Å². The molecule has 126 valence electrons. The molecule has 0 heterocycles. The van der Waals surface area contributed by atoms with Gasteiger partial charge in [-0.3, -0.25) is 4.79 Å². The summed E-state index contributed by atoms with van der Waals surface area (Å²) in [7, 11) is -1.81. The molecule has 3 nitrogen and oxygen atoms in total. The average molecular weight is 317 g/mol. The van der Waals surface area contributed by atoms with Crippen LogP contribution in [0.3, 0.4) is 0 Å². The van der Waals surface area contributed by atoms with Crippen molar-refractivity contribution in [2.45, 2.75) is 103 Å². The highest BCUT2D eigenvalue weighted by molar-refractivity contribution is 6.71. The molecule has 0 aromatic carbocycles. The fourth-order valence-corrected chi connectivity index (χ4v) is 3.13. The van der Waals surface area contributed by atoms with E-state index in [-0.39, 0.29) is 12.4 Å². The Labute approximate surface area is 132 Å². The lowest BCUT2D eigenvalue weighted by atomic mass is 10.0. The fraction of sp³-hybridized carbons (Fsp3) is 0.941. The minimum atomic E-state index is -1.81. The van der Waals surface area contributed by atoms with Gasteiger partial charge in [0.15, 0.2) is 0 Å². The molecule has 0 aromatic rings. The molecular weight excluding hydrogens is 280 g/mol. The maximum atomic E-state index is 11.6. The third kappa shape index (κ3) is 15.9. The highest BCUT2D eigenvalue weighted by Gasteiger charge is 2.21. The van der Waals surface area contributed by atoms with Gasteiger partial charge < -0.3 is 9.53 Å². The fourth-order valence-electron chi connectivity index (χ4n) is 2.37. The predicted octanol–water partition coefficient (Wildman–Crippen LogP) is 5.04. The van der Waals surface area contributed by atoms with Crippen LogP contribution in [-0.4, -0.2) is 25.5 Å². The van der Waals surface area contributed by atoms with Crippen molar-refractivity contribution in [3.05, 3.63) is 0 Å². The summed E-state index contributed by atoms with van der Waals surface area (Å²) in [4.78, 5) is 11.6. The molecule has 0 saturated heterocycles. The lowest BCUT2D eigenvalue weighted by Crippen LogP contribution is -2.30. The molecule has 0 spiro atoms. The Bertz CT molecular complexity index is 261. The number of carbonyl (C=O) groups is 1. The lowest BCUT2D eigenvalue weighted by Gasteiger charge is -2.18. The van der Waals surface area contributed by atoms with E-state index in [0.717, 1.165) is 19.3 Å². The van der Waals surface area contributed by atoms with Gasteiger partial charge >= 0.3 is 0 Å².